The third kappa shape index (κ3) is 6.01. The van der Waals surface area contributed by atoms with Gasteiger partial charge in [0.1, 0.15) is 12.4 Å². The van der Waals surface area contributed by atoms with E-state index in [-0.39, 0.29) is 48.4 Å². The van der Waals surface area contributed by atoms with E-state index in [4.69, 9.17) is 10.5 Å². The number of benzene rings is 1. The summed E-state index contributed by atoms with van der Waals surface area (Å²) in [6, 6.07) is 3.82. The predicted octanol–water partition coefficient (Wildman–Crippen LogP) is 3.74. The number of aliphatic hydroxyl groups is 1. The van der Waals surface area contributed by atoms with Crippen molar-refractivity contribution in [3.05, 3.63) is 54.2 Å². The molecule has 15 heteroatoms. The summed E-state index contributed by atoms with van der Waals surface area (Å²) in [7, 11) is 1.16. The van der Waals surface area contributed by atoms with Crippen molar-refractivity contribution in [1.29, 1.82) is 0 Å². The molecule has 1 amide bonds. The molecule has 4 heterocycles. The van der Waals surface area contributed by atoms with Crippen molar-refractivity contribution < 1.29 is 32.2 Å². The lowest BCUT2D eigenvalue weighted by Crippen LogP contribution is -2.63. The highest BCUT2D eigenvalue weighted by atomic mass is 19.3. The van der Waals surface area contributed by atoms with Gasteiger partial charge in [-0.1, -0.05) is 13.8 Å². The molecule has 1 saturated heterocycles. The summed E-state index contributed by atoms with van der Waals surface area (Å²) in [4.78, 5) is 31.4. The molecule has 3 aromatic heterocycles. The number of carbonyl (C=O) groups excluding carboxylic acids is 1. The van der Waals surface area contributed by atoms with Crippen molar-refractivity contribution >= 4 is 28.6 Å². The molecule has 1 fully saturated rings. The maximum absolute atomic E-state index is 14.6. The van der Waals surface area contributed by atoms with Crippen molar-refractivity contribution in [3.63, 3.8) is 0 Å². The first-order valence-corrected chi connectivity index (χ1v) is 13.9. The molecular formula is C29H32F4N8O3. The van der Waals surface area contributed by atoms with Crippen LogP contribution in [0.25, 0.3) is 22.4 Å². The maximum atomic E-state index is 14.6. The minimum atomic E-state index is -3.03. The summed E-state index contributed by atoms with van der Waals surface area (Å²) in [5, 5.41) is 13.0. The molecule has 1 aliphatic heterocycles. The van der Waals surface area contributed by atoms with E-state index in [0.29, 0.717) is 35.4 Å². The van der Waals surface area contributed by atoms with Crippen LogP contribution in [0.1, 0.15) is 32.3 Å². The second kappa shape index (κ2) is 12.3. The fraction of sp³-hybridized carbons (Fsp3) is 0.414. The van der Waals surface area contributed by atoms with Gasteiger partial charge in [0.25, 0.3) is 6.43 Å². The number of piperidine rings is 1. The first-order chi connectivity index (χ1) is 20.9. The lowest BCUT2D eigenvalue weighted by Gasteiger charge is -2.44. The summed E-state index contributed by atoms with van der Waals surface area (Å²) in [5.41, 5.74) is 6.92. The zero-order valence-corrected chi connectivity index (χ0v) is 24.3. The Hall–Kier alpha value is -4.37. The summed E-state index contributed by atoms with van der Waals surface area (Å²) >= 11 is 0. The van der Waals surface area contributed by atoms with Gasteiger partial charge in [0.2, 0.25) is 5.91 Å². The molecule has 44 heavy (non-hydrogen) atoms. The van der Waals surface area contributed by atoms with Gasteiger partial charge in [-0.05, 0) is 36.6 Å². The SMILES string of the molecule is COc1c(F)cc(-c2cc(Cn3cnc4c(NC(=O)C(C)C)ncnc43)c(N3CCC[C@](N)([C@@H](O)C(F)F)C3)cn2)cc1F. The number of ether oxygens (including phenoxy) is 1. The molecule has 0 saturated carbocycles. The number of rotatable bonds is 9. The minimum absolute atomic E-state index is 0.0868. The molecule has 0 aliphatic carbocycles. The number of pyridine rings is 1. The van der Waals surface area contributed by atoms with Crippen LogP contribution < -0.4 is 20.7 Å². The number of aliphatic hydroxyl groups excluding tert-OH is 1. The first-order valence-electron chi connectivity index (χ1n) is 13.9. The van der Waals surface area contributed by atoms with Crippen molar-refractivity contribution in [3.8, 4) is 17.0 Å². The number of nitrogens with zero attached hydrogens (tertiary/aromatic N) is 6. The Morgan fingerprint density at radius 1 is 1.16 bits per heavy atom. The molecule has 0 spiro atoms. The highest BCUT2D eigenvalue weighted by Crippen LogP contribution is 2.34. The molecule has 5 rings (SSSR count). The summed E-state index contributed by atoms with van der Waals surface area (Å²) in [6.07, 6.45) is -0.178. The van der Waals surface area contributed by atoms with Gasteiger partial charge < -0.3 is 30.4 Å². The van der Waals surface area contributed by atoms with Crippen LogP contribution in [0.15, 0.2) is 37.1 Å². The monoisotopic (exact) mass is 616 g/mol. The Bertz CT molecular complexity index is 1660. The third-order valence-electron chi connectivity index (χ3n) is 7.70. The number of aromatic nitrogens is 5. The molecule has 1 aliphatic rings. The molecule has 0 radical (unpaired) electrons. The van der Waals surface area contributed by atoms with Gasteiger partial charge in [0, 0.05) is 24.6 Å². The number of hydrogen-bond acceptors (Lipinski definition) is 9. The van der Waals surface area contributed by atoms with Crippen LogP contribution in [0, 0.1) is 17.6 Å². The Balaban J connectivity index is 1.58. The normalized spacial score (nSPS) is 17.8. The largest absolute Gasteiger partial charge is 0.491 e. The van der Waals surface area contributed by atoms with Gasteiger partial charge in [-0.3, -0.25) is 9.78 Å². The van der Waals surface area contributed by atoms with Crippen LogP contribution in [0.3, 0.4) is 0 Å². The number of nitrogens with one attached hydrogen (secondary N) is 1. The Morgan fingerprint density at radius 3 is 2.55 bits per heavy atom. The van der Waals surface area contributed by atoms with E-state index in [1.165, 1.54) is 18.9 Å². The van der Waals surface area contributed by atoms with Crippen LogP contribution in [0.2, 0.25) is 0 Å². The molecule has 0 bridgehead atoms. The molecule has 234 valence electrons. The van der Waals surface area contributed by atoms with E-state index < -0.39 is 35.5 Å². The van der Waals surface area contributed by atoms with Crippen molar-refractivity contribution in [2.24, 2.45) is 11.7 Å². The predicted molar refractivity (Wildman–Crippen MR) is 154 cm³/mol. The highest BCUT2D eigenvalue weighted by molar-refractivity contribution is 5.97. The molecule has 1 aromatic carbocycles. The maximum Gasteiger partial charge on any atom is 0.265 e. The van der Waals surface area contributed by atoms with E-state index in [0.717, 1.165) is 19.2 Å². The fourth-order valence-electron chi connectivity index (χ4n) is 5.30. The van der Waals surface area contributed by atoms with Crippen molar-refractivity contribution in [1.82, 2.24) is 24.5 Å². The van der Waals surface area contributed by atoms with E-state index >= 15 is 0 Å². The zero-order chi connectivity index (χ0) is 31.8. The lowest BCUT2D eigenvalue weighted by atomic mass is 9.84. The van der Waals surface area contributed by atoms with Crippen LogP contribution in [-0.4, -0.2) is 73.8 Å². The van der Waals surface area contributed by atoms with Crippen molar-refractivity contribution in [2.75, 3.05) is 30.4 Å². The number of amides is 1. The molecular weight excluding hydrogens is 584 g/mol. The van der Waals surface area contributed by atoms with Crippen LogP contribution in [-0.2, 0) is 11.3 Å². The Labute approximate surface area is 250 Å². The summed E-state index contributed by atoms with van der Waals surface area (Å²) in [5.74, 6) is -2.66. The number of methoxy groups -OCH3 is 1. The number of hydrogen-bond donors (Lipinski definition) is 3. The Kier molecular flexibility index (Phi) is 8.70. The first kappa shape index (κ1) is 31.1. The zero-order valence-electron chi connectivity index (χ0n) is 24.3. The second-order valence-corrected chi connectivity index (χ2v) is 11.1. The number of alkyl halides is 2. The fourth-order valence-corrected chi connectivity index (χ4v) is 5.30. The van der Waals surface area contributed by atoms with E-state index in [2.05, 4.69) is 25.3 Å². The molecule has 4 aromatic rings. The van der Waals surface area contributed by atoms with E-state index in [1.807, 2.05) is 0 Å². The minimum Gasteiger partial charge on any atom is -0.491 e. The number of fused-ring (bicyclic) bond motifs is 1. The van der Waals surface area contributed by atoms with Gasteiger partial charge in [0.05, 0.1) is 43.1 Å². The standard InChI is InChI=1S/C29H32F4N8O3/c1-15(2)28(43)39-26-22-27(37-13-36-26)41(14-38-22)11-17-9-20(16-7-18(30)23(44-3)19(31)8-16)35-10-21(17)40-6-4-5-29(34,12-40)24(42)25(32)33/h7-10,13-15,24-25,42H,4-6,11-12,34H2,1-3H3,(H,36,37,39,43)/t24-,29+/m0/s1. The van der Waals surface area contributed by atoms with Crippen LogP contribution in [0.4, 0.5) is 29.1 Å². The summed E-state index contributed by atoms with van der Waals surface area (Å²) in [6.45, 7) is 3.95. The molecule has 2 atom stereocenters. The van der Waals surface area contributed by atoms with E-state index in [9.17, 15) is 27.5 Å². The second-order valence-electron chi connectivity index (χ2n) is 11.1. The molecule has 11 nitrogen and oxygen atoms in total. The van der Waals surface area contributed by atoms with Gasteiger partial charge in [-0.25, -0.2) is 32.5 Å². The number of nitrogens with two attached hydrogens (primary N) is 1. The van der Waals surface area contributed by atoms with Gasteiger partial charge >= 0.3 is 0 Å². The highest BCUT2D eigenvalue weighted by Gasteiger charge is 2.43. The van der Waals surface area contributed by atoms with Gasteiger partial charge in [-0.2, -0.15) is 0 Å². The molecule has 0 unspecified atom stereocenters. The topological polar surface area (TPSA) is 144 Å². The smallest absolute Gasteiger partial charge is 0.265 e. The van der Waals surface area contributed by atoms with E-state index in [1.54, 1.807) is 29.4 Å². The average molecular weight is 617 g/mol. The number of halogens is 4. The van der Waals surface area contributed by atoms with Gasteiger partial charge in [-0.15, -0.1) is 0 Å². The van der Waals surface area contributed by atoms with Gasteiger partial charge in [0.15, 0.2) is 34.4 Å². The number of imidazole rings is 1. The van der Waals surface area contributed by atoms with Crippen molar-refractivity contribution in [2.45, 2.75) is 51.3 Å². The average Bonchev–Trinajstić information content (AvgIpc) is 3.40. The van der Waals surface area contributed by atoms with Crippen LogP contribution >= 0.6 is 0 Å². The van der Waals surface area contributed by atoms with Crippen LogP contribution in [0.5, 0.6) is 5.75 Å². The third-order valence-corrected chi connectivity index (χ3v) is 7.70. The quantitative estimate of drug-likeness (QED) is 0.240. The number of anilines is 2. The molecule has 4 N–H and O–H groups in total. The number of carbonyl (C=O) groups is 1. The Morgan fingerprint density at radius 2 is 1.89 bits per heavy atom. The lowest BCUT2D eigenvalue weighted by molar-refractivity contribution is -0.118. The summed E-state index contributed by atoms with van der Waals surface area (Å²) < 4.78 is 62.7.